The summed E-state index contributed by atoms with van der Waals surface area (Å²) in [5, 5.41) is 3.39. The Morgan fingerprint density at radius 1 is 1.28 bits per heavy atom. The van der Waals surface area contributed by atoms with E-state index in [4.69, 9.17) is 0 Å². The maximum Gasteiger partial charge on any atom is 0.0812 e. The molecule has 96 valence electrons. The van der Waals surface area contributed by atoms with Gasteiger partial charge in [0.25, 0.3) is 0 Å². The first-order valence-corrected chi connectivity index (χ1v) is 7.55. The monoisotopic (exact) mass is 261 g/mol. The lowest BCUT2D eigenvalue weighted by Crippen LogP contribution is -2.43. The molecule has 0 saturated carbocycles. The number of hydrogen-bond donors (Lipinski definition) is 1. The van der Waals surface area contributed by atoms with Crippen molar-refractivity contribution in [3.8, 4) is 0 Å². The molecule has 1 aliphatic rings. The van der Waals surface area contributed by atoms with Crippen molar-refractivity contribution in [1.29, 1.82) is 0 Å². The highest BCUT2D eigenvalue weighted by molar-refractivity contribution is 7.16. The zero-order valence-corrected chi connectivity index (χ0v) is 11.4. The number of aromatic nitrogens is 1. The Bertz CT molecular complexity index is 502. The second-order valence-corrected chi connectivity index (χ2v) is 5.74. The van der Waals surface area contributed by atoms with Crippen LogP contribution in [0.2, 0.25) is 0 Å². The Morgan fingerprint density at radius 2 is 2.17 bits per heavy atom. The normalized spacial score (nSPS) is 17.3. The summed E-state index contributed by atoms with van der Waals surface area (Å²) in [6.07, 6.45) is 2.43. The summed E-state index contributed by atoms with van der Waals surface area (Å²) in [6.45, 7) is 5.92. The van der Waals surface area contributed by atoms with Crippen molar-refractivity contribution < 1.29 is 0 Å². The van der Waals surface area contributed by atoms with Crippen LogP contribution < -0.4 is 5.32 Å². The third-order valence-corrected chi connectivity index (χ3v) is 4.34. The molecule has 0 radical (unpaired) electrons. The maximum atomic E-state index is 4.32. The molecule has 0 aliphatic carbocycles. The molecule has 1 saturated heterocycles. The number of aryl methyl sites for hydroxylation is 1. The summed E-state index contributed by atoms with van der Waals surface area (Å²) in [5.74, 6) is 0. The average Bonchev–Trinajstić information content (AvgIpc) is 2.87. The first-order chi connectivity index (χ1) is 8.92. The van der Waals surface area contributed by atoms with Crippen LogP contribution in [0.5, 0.6) is 0 Å². The van der Waals surface area contributed by atoms with Crippen LogP contribution in [-0.4, -0.2) is 42.6 Å². The van der Waals surface area contributed by atoms with Crippen LogP contribution in [0.3, 0.4) is 0 Å². The highest BCUT2D eigenvalue weighted by Gasteiger charge is 2.08. The number of rotatable bonds is 4. The minimum atomic E-state index is 1.13. The average molecular weight is 261 g/mol. The predicted octanol–water partition coefficient (Wildman–Crippen LogP) is 2.13. The molecule has 1 fully saturated rings. The molecule has 3 nitrogen and oxygen atoms in total. The molecule has 0 spiro atoms. The Morgan fingerprint density at radius 3 is 3.06 bits per heavy atom. The van der Waals surface area contributed by atoms with Crippen molar-refractivity contribution in [2.24, 2.45) is 0 Å². The van der Waals surface area contributed by atoms with E-state index in [-0.39, 0.29) is 0 Å². The van der Waals surface area contributed by atoms with Gasteiger partial charge >= 0.3 is 0 Å². The molecule has 1 aliphatic heterocycles. The number of fused-ring (bicyclic) bond motifs is 1. The van der Waals surface area contributed by atoms with Crippen molar-refractivity contribution >= 4 is 21.6 Å². The van der Waals surface area contributed by atoms with Gasteiger partial charge < -0.3 is 10.2 Å². The summed E-state index contributed by atoms with van der Waals surface area (Å²) in [4.78, 5) is 6.87. The van der Waals surface area contributed by atoms with E-state index < -0.39 is 0 Å². The molecule has 2 heterocycles. The number of piperazine rings is 1. The van der Waals surface area contributed by atoms with Gasteiger partial charge in [-0.25, -0.2) is 4.98 Å². The highest BCUT2D eigenvalue weighted by Crippen LogP contribution is 2.19. The molecule has 0 bridgehead atoms. The van der Waals surface area contributed by atoms with Crippen LogP contribution in [0.25, 0.3) is 10.2 Å². The minimum Gasteiger partial charge on any atom is -0.314 e. The van der Waals surface area contributed by atoms with Gasteiger partial charge in [0.05, 0.1) is 15.7 Å². The second-order valence-electron chi connectivity index (χ2n) is 4.85. The van der Waals surface area contributed by atoms with Crippen molar-refractivity contribution in [3.05, 3.63) is 29.3 Å². The Kier molecular flexibility index (Phi) is 3.88. The molecule has 1 N–H and O–H groups in total. The van der Waals surface area contributed by atoms with E-state index in [1.54, 1.807) is 11.3 Å². The largest absolute Gasteiger partial charge is 0.314 e. The fourth-order valence-corrected chi connectivity index (χ4v) is 3.24. The van der Waals surface area contributed by atoms with Crippen LogP contribution in [0.15, 0.2) is 23.7 Å². The van der Waals surface area contributed by atoms with Gasteiger partial charge in [0.2, 0.25) is 0 Å². The van der Waals surface area contributed by atoms with Gasteiger partial charge in [0.15, 0.2) is 0 Å². The van der Waals surface area contributed by atoms with Crippen LogP contribution in [0.4, 0.5) is 0 Å². The molecule has 2 aromatic rings. The zero-order valence-electron chi connectivity index (χ0n) is 10.6. The first-order valence-electron chi connectivity index (χ1n) is 6.67. The number of hydrogen-bond acceptors (Lipinski definition) is 4. The topological polar surface area (TPSA) is 28.2 Å². The third-order valence-electron chi connectivity index (χ3n) is 3.55. The molecule has 0 atom stereocenters. The van der Waals surface area contributed by atoms with E-state index in [2.05, 4.69) is 33.4 Å². The van der Waals surface area contributed by atoms with Gasteiger partial charge in [0, 0.05) is 26.2 Å². The summed E-state index contributed by atoms with van der Waals surface area (Å²) < 4.78 is 1.31. The van der Waals surface area contributed by atoms with Crippen molar-refractivity contribution in [2.45, 2.75) is 12.8 Å². The Labute approximate surface area is 112 Å². The number of nitrogens with one attached hydrogen (secondary N) is 1. The van der Waals surface area contributed by atoms with Crippen LogP contribution in [0, 0.1) is 0 Å². The summed E-state index contributed by atoms with van der Waals surface area (Å²) in [6, 6.07) is 6.66. The quantitative estimate of drug-likeness (QED) is 0.914. The van der Waals surface area contributed by atoms with Gasteiger partial charge in [-0.1, -0.05) is 6.07 Å². The molecule has 3 rings (SSSR count). The molecular formula is C14H19N3S. The SMILES string of the molecule is c1nc2ccc(CCCN3CCNCC3)cc2s1. The van der Waals surface area contributed by atoms with Gasteiger partial charge in [-0.3, -0.25) is 0 Å². The van der Waals surface area contributed by atoms with E-state index in [9.17, 15) is 0 Å². The smallest absolute Gasteiger partial charge is 0.0812 e. The standard InChI is InChI=1S/C14H19N3S/c1(7-17-8-5-15-6-9-17)2-12-3-4-13-14(10-12)18-11-16-13/h3-4,10-11,15H,1-2,5-9H2. The van der Waals surface area contributed by atoms with E-state index in [0.717, 1.165) is 18.6 Å². The second kappa shape index (κ2) is 5.78. The summed E-state index contributed by atoms with van der Waals surface area (Å²) in [5.41, 5.74) is 4.50. The Hall–Kier alpha value is -0.970. The molecule has 0 amide bonds. The number of nitrogens with zero attached hydrogens (tertiary/aromatic N) is 2. The van der Waals surface area contributed by atoms with Crippen molar-refractivity contribution in [1.82, 2.24) is 15.2 Å². The maximum absolute atomic E-state index is 4.32. The van der Waals surface area contributed by atoms with Crippen LogP contribution in [-0.2, 0) is 6.42 Å². The van der Waals surface area contributed by atoms with E-state index in [1.807, 2.05) is 5.51 Å². The van der Waals surface area contributed by atoms with E-state index >= 15 is 0 Å². The van der Waals surface area contributed by atoms with Gasteiger partial charge in [-0.2, -0.15) is 0 Å². The Balaban J connectivity index is 1.52. The lowest BCUT2D eigenvalue weighted by molar-refractivity contribution is 0.238. The fraction of sp³-hybridized carbons (Fsp3) is 0.500. The van der Waals surface area contributed by atoms with Crippen molar-refractivity contribution in [2.75, 3.05) is 32.7 Å². The minimum absolute atomic E-state index is 1.13. The predicted molar refractivity (Wildman–Crippen MR) is 77.3 cm³/mol. The van der Waals surface area contributed by atoms with Gasteiger partial charge in [-0.05, 0) is 37.1 Å². The summed E-state index contributed by atoms with van der Waals surface area (Å²) in [7, 11) is 0. The number of thiazole rings is 1. The molecule has 0 unspecified atom stereocenters. The van der Waals surface area contributed by atoms with Gasteiger partial charge in [0.1, 0.15) is 0 Å². The third kappa shape index (κ3) is 2.88. The van der Waals surface area contributed by atoms with Crippen LogP contribution >= 0.6 is 11.3 Å². The molecule has 18 heavy (non-hydrogen) atoms. The van der Waals surface area contributed by atoms with E-state index in [0.29, 0.717) is 0 Å². The highest BCUT2D eigenvalue weighted by atomic mass is 32.1. The molecule has 4 heteroatoms. The molecule has 1 aromatic heterocycles. The lowest BCUT2D eigenvalue weighted by Gasteiger charge is -2.27. The van der Waals surface area contributed by atoms with Crippen LogP contribution in [0.1, 0.15) is 12.0 Å². The molecule has 1 aromatic carbocycles. The van der Waals surface area contributed by atoms with Gasteiger partial charge in [-0.15, -0.1) is 11.3 Å². The molecular weight excluding hydrogens is 242 g/mol. The summed E-state index contributed by atoms with van der Waals surface area (Å²) >= 11 is 1.73. The van der Waals surface area contributed by atoms with E-state index in [1.165, 1.54) is 42.7 Å². The fourth-order valence-electron chi connectivity index (χ4n) is 2.50. The number of benzene rings is 1. The van der Waals surface area contributed by atoms with Crippen molar-refractivity contribution in [3.63, 3.8) is 0 Å². The lowest BCUT2D eigenvalue weighted by atomic mass is 10.1. The zero-order chi connectivity index (χ0) is 12.2. The first kappa shape index (κ1) is 12.1.